The maximum atomic E-state index is 13.2. The van der Waals surface area contributed by atoms with Gasteiger partial charge in [-0.3, -0.25) is 4.79 Å². The average molecular weight is 370 g/mol. The lowest BCUT2D eigenvalue weighted by molar-refractivity contribution is 0.0951. The number of H-pyrrole nitrogens is 1. The Bertz CT molecular complexity index is 1210. The fourth-order valence-electron chi connectivity index (χ4n) is 4.35. The molecule has 0 aliphatic carbocycles. The van der Waals surface area contributed by atoms with Gasteiger partial charge >= 0.3 is 0 Å². The molecule has 0 unspecified atom stereocenters. The molecule has 0 fully saturated rings. The first-order chi connectivity index (χ1) is 13.6. The summed E-state index contributed by atoms with van der Waals surface area (Å²) in [6.45, 7) is 4.41. The normalized spacial score (nSPS) is 12.6. The van der Waals surface area contributed by atoms with Crippen LogP contribution in [0.15, 0.2) is 48.8 Å². The lowest BCUT2D eigenvalue weighted by Gasteiger charge is -2.12. The van der Waals surface area contributed by atoms with Crippen molar-refractivity contribution in [2.24, 2.45) is 0 Å². The number of hydrogen-bond acceptors (Lipinski definition) is 2. The predicted molar refractivity (Wildman–Crippen MR) is 110 cm³/mol. The van der Waals surface area contributed by atoms with Crippen LogP contribution < -0.4 is 5.32 Å². The van der Waals surface area contributed by atoms with Gasteiger partial charge in [-0.1, -0.05) is 36.4 Å². The van der Waals surface area contributed by atoms with Crippen molar-refractivity contribution in [3.05, 3.63) is 82.6 Å². The molecule has 0 atom stereocenters. The Labute approximate surface area is 163 Å². The van der Waals surface area contributed by atoms with Gasteiger partial charge in [0.25, 0.3) is 5.91 Å². The number of fused-ring (bicyclic) bond motifs is 2. The van der Waals surface area contributed by atoms with Crippen LogP contribution in [-0.4, -0.2) is 20.4 Å². The molecule has 0 saturated heterocycles. The van der Waals surface area contributed by atoms with Gasteiger partial charge < -0.3 is 14.9 Å². The first-order valence-corrected chi connectivity index (χ1v) is 9.63. The summed E-state index contributed by atoms with van der Waals surface area (Å²) in [5, 5.41) is 4.07. The molecule has 3 heterocycles. The molecule has 2 aromatic carbocycles. The van der Waals surface area contributed by atoms with E-state index < -0.39 is 0 Å². The summed E-state index contributed by atoms with van der Waals surface area (Å²) in [7, 11) is 0. The highest BCUT2D eigenvalue weighted by atomic mass is 16.1. The SMILES string of the molecule is Cc1[nH]cnc1CNC(=O)c1c(C)n2c3c(cccc13)CCc1ccccc1-2. The van der Waals surface area contributed by atoms with E-state index in [1.54, 1.807) is 6.33 Å². The summed E-state index contributed by atoms with van der Waals surface area (Å²) >= 11 is 0. The van der Waals surface area contributed by atoms with Crippen LogP contribution in [0.2, 0.25) is 0 Å². The zero-order chi connectivity index (χ0) is 19.3. The molecule has 4 aromatic rings. The number of nitrogens with one attached hydrogen (secondary N) is 2. The fraction of sp³-hybridized carbons (Fsp3) is 0.217. The van der Waals surface area contributed by atoms with Crippen LogP contribution in [0.4, 0.5) is 0 Å². The number of hydrogen-bond donors (Lipinski definition) is 2. The number of para-hydroxylation sites is 2. The van der Waals surface area contributed by atoms with Crippen LogP contribution in [0.1, 0.15) is 38.6 Å². The lowest BCUT2D eigenvalue weighted by atomic mass is 10.0. The predicted octanol–water partition coefficient (Wildman–Crippen LogP) is 4.00. The van der Waals surface area contributed by atoms with Gasteiger partial charge in [0.1, 0.15) is 0 Å². The Kier molecular flexibility index (Phi) is 3.83. The highest BCUT2D eigenvalue weighted by Gasteiger charge is 2.25. The Morgan fingerprint density at radius 1 is 1.11 bits per heavy atom. The van der Waals surface area contributed by atoms with Crippen molar-refractivity contribution in [1.29, 1.82) is 0 Å². The van der Waals surface area contributed by atoms with E-state index in [0.717, 1.165) is 46.4 Å². The molecular formula is C23H22N4O. The Balaban J connectivity index is 1.65. The topological polar surface area (TPSA) is 62.7 Å². The van der Waals surface area contributed by atoms with Crippen LogP contribution >= 0.6 is 0 Å². The van der Waals surface area contributed by atoms with Crippen molar-refractivity contribution in [2.75, 3.05) is 0 Å². The maximum absolute atomic E-state index is 13.2. The summed E-state index contributed by atoms with van der Waals surface area (Å²) in [5.41, 5.74) is 8.52. The zero-order valence-electron chi connectivity index (χ0n) is 16.0. The van der Waals surface area contributed by atoms with E-state index in [4.69, 9.17) is 0 Å². The standard InChI is InChI=1S/C23H22N4O/c1-14-19(26-13-25-14)12-24-23(28)21-15(2)27-20-9-4-3-6-16(20)10-11-17-7-5-8-18(21)22(17)27/h3-9,13H,10-12H2,1-2H3,(H,24,28)(H,25,26). The Morgan fingerprint density at radius 2 is 1.89 bits per heavy atom. The van der Waals surface area contributed by atoms with E-state index in [2.05, 4.69) is 62.3 Å². The van der Waals surface area contributed by atoms with Gasteiger partial charge in [-0.15, -0.1) is 0 Å². The quantitative estimate of drug-likeness (QED) is 0.573. The van der Waals surface area contributed by atoms with Gasteiger partial charge in [0.2, 0.25) is 0 Å². The average Bonchev–Trinajstić information content (AvgIpc) is 3.18. The third-order valence-electron chi connectivity index (χ3n) is 5.78. The van der Waals surface area contributed by atoms with E-state index in [1.165, 1.54) is 16.8 Å². The third kappa shape index (κ3) is 2.47. The van der Waals surface area contributed by atoms with E-state index in [9.17, 15) is 4.79 Å². The minimum atomic E-state index is -0.0566. The van der Waals surface area contributed by atoms with Crippen LogP contribution in [0, 0.1) is 13.8 Å². The van der Waals surface area contributed by atoms with Gasteiger partial charge in [-0.2, -0.15) is 0 Å². The number of amides is 1. The van der Waals surface area contributed by atoms with Gasteiger partial charge in [-0.25, -0.2) is 4.98 Å². The highest BCUT2D eigenvalue weighted by Crippen LogP contribution is 2.35. The summed E-state index contributed by atoms with van der Waals surface area (Å²) in [6.07, 6.45) is 3.64. The van der Waals surface area contributed by atoms with Gasteiger partial charge in [-0.05, 0) is 43.9 Å². The molecule has 140 valence electrons. The molecule has 5 heteroatoms. The van der Waals surface area contributed by atoms with Crippen LogP contribution in [-0.2, 0) is 19.4 Å². The second-order valence-corrected chi connectivity index (χ2v) is 7.39. The number of imidazole rings is 1. The smallest absolute Gasteiger partial charge is 0.254 e. The molecule has 5 nitrogen and oxygen atoms in total. The monoisotopic (exact) mass is 370 g/mol. The molecule has 1 aliphatic rings. The number of carbonyl (C=O) groups excluding carboxylic acids is 1. The number of nitrogens with zero attached hydrogens (tertiary/aromatic N) is 2. The second-order valence-electron chi connectivity index (χ2n) is 7.39. The number of aromatic amines is 1. The van der Waals surface area contributed by atoms with Gasteiger partial charge in [0.05, 0.1) is 29.6 Å². The summed E-state index contributed by atoms with van der Waals surface area (Å²) in [4.78, 5) is 20.5. The lowest BCUT2D eigenvalue weighted by Crippen LogP contribution is -2.24. The van der Waals surface area contributed by atoms with Crippen molar-refractivity contribution >= 4 is 16.8 Å². The fourth-order valence-corrected chi connectivity index (χ4v) is 4.35. The summed E-state index contributed by atoms with van der Waals surface area (Å²) in [5.74, 6) is -0.0566. The number of carbonyl (C=O) groups is 1. The van der Waals surface area contributed by atoms with E-state index in [0.29, 0.717) is 6.54 Å². The highest BCUT2D eigenvalue weighted by molar-refractivity contribution is 6.09. The molecule has 1 aliphatic heterocycles. The van der Waals surface area contributed by atoms with E-state index in [1.807, 2.05) is 13.8 Å². The molecule has 1 amide bonds. The first kappa shape index (κ1) is 16.8. The maximum Gasteiger partial charge on any atom is 0.254 e. The molecule has 28 heavy (non-hydrogen) atoms. The first-order valence-electron chi connectivity index (χ1n) is 9.63. The molecule has 0 radical (unpaired) electrons. The van der Waals surface area contributed by atoms with Gasteiger partial charge in [0.15, 0.2) is 0 Å². The Morgan fingerprint density at radius 3 is 2.71 bits per heavy atom. The Hall–Kier alpha value is -3.34. The minimum Gasteiger partial charge on any atom is -0.348 e. The zero-order valence-corrected chi connectivity index (χ0v) is 16.0. The molecule has 0 spiro atoms. The van der Waals surface area contributed by atoms with Crippen LogP contribution in [0.5, 0.6) is 0 Å². The number of aryl methyl sites for hydroxylation is 3. The van der Waals surface area contributed by atoms with Gasteiger partial charge in [0, 0.05) is 22.5 Å². The number of aromatic nitrogens is 3. The van der Waals surface area contributed by atoms with Crippen molar-refractivity contribution in [1.82, 2.24) is 19.9 Å². The molecule has 5 rings (SSSR count). The molecule has 2 N–H and O–H groups in total. The summed E-state index contributed by atoms with van der Waals surface area (Å²) in [6, 6.07) is 14.8. The number of rotatable bonds is 3. The van der Waals surface area contributed by atoms with Crippen molar-refractivity contribution in [3.8, 4) is 5.69 Å². The number of benzene rings is 2. The van der Waals surface area contributed by atoms with Crippen molar-refractivity contribution < 1.29 is 4.79 Å². The van der Waals surface area contributed by atoms with Crippen molar-refractivity contribution in [2.45, 2.75) is 33.2 Å². The molecular weight excluding hydrogens is 348 g/mol. The molecule has 0 saturated carbocycles. The largest absolute Gasteiger partial charge is 0.348 e. The molecule has 2 aromatic heterocycles. The third-order valence-corrected chi connectivity index (χ3v) is 5.78. The van der Waals surface area contributed by atoms with Crippen LogP contribution in [0.3, 0.4) is 0 Å². The minimum absolute atomic E-state index is 0.0566. The second kappa shape index (κ2) is 6.37. The van der Waals surface area contributed by atoms with E-state index in [-0.39, 0.29) is 5.91 Å². The van der Waals surface area contributed by atoms with E-state index >= 15 is 0 Å². The summed E-state index contributed by atoms with van der Waals surface area (Å²) < 4.78 is 2.27. The van der Waals surface area contributed by atoms with Crippen molar-refractivity contribution in [3.63, 3.8) is 0 Å². The molecule has 0 bridgehead atoms. The van der Waals surface area contributed by atoms with Crippen LogP contribution in [0.25, 0.3) is 16.6 Å².